The van der Waals surface area contributed by atoms with Crippen LogP contribution in [0.25, 0.3) is 0 Å². The molecule has 9 nitrogen and oxygen atoms in total. The number of carbonyl (C=O) groups is 1. The highest BCUT2D eigenvalue weighted by Crippen LogP contribution is 2.29. The lowest BCUT2D eigenvalue weighted by molar-refractivity contribution is -0.386. The topological polar surface area (TPSA) is 130 Å². The molecule has 1 aromatic heterocycles. The van der Waals surface area contributed by atoms with E-state index in [-0.39, 0.29) is 16.5 Å². The fraction of sp³-hybridized carbons (Fsp3) is 0.150. The molecule has 1 aliphatic rings. The van der Waals surface area contributed by atoms with Crippen LogP contribution in [0.5, 0.6) is 5.75 Å². The number of hydrogen-bond donors (Lipinski definition) is 2. The second-order valence-electron chi connectivity index (χ2n) is 6.94. The molecule has 1 aliphatic heterocycles. The van der Waals surface area contributed by atoms with Crippen LogP contribution in [0.1, 0.15) is 20.8 Å². The van der Waals surface area contributed by atoms with Crippen LogP contribution in [0, 0.1) is 10.1 Å². The third-order valence-corrected chi connectivity index (χ3v) is 7.33. The van der Waals surface area contributed by atoms with Crippen LogP contribution >= 0.6 is 11.3 Å². The van der Waals surface area contributed by atoms with E-state index in [1.54, 1.807) is 16.2 Å². The van der Waals surface area contributed by atoms with Crippen molar-refractivity contribution in [3.63, 3.8) is 0 Å². The number of phenols is 1. The molecule has 0 bridgehead atoms. The van der Waals surface area contributed by atoms with Gasteiger partial charge in [0.1, 0.15) is 0 Å². The zero-order valence-corrected chi connectivity index (χ0v) is 17.6. The van der Waals surface area contributed by atoms with Gasteiger partial charge in [-0.05, 0) is 59.8 Å². The molecule has 0 spiro atoms. The van der Waals surface area contributed by atoms with Crippen molar-refractivity contribution in [2.75, 3.05) is 11.3 Å². The average molecular weight is 460 g/mol. The summed E-state index contributed by atoms with van der Waals surface area (Å²) in [5, 5.41) is 22.5. The first kappa shape index (κ1) is 20.8. The zero-order chi connectivity index (χ0) is 22.2. The Morgan fingerprint density at radius 1 is 1.16 bits per heavy atom. The maximum absolute atomic E-state index is 12.8. The normalized spacial score (nSPS) is 13.5. The van der Waals surface area contributed by atoms with Gasteiger partial charge in [-0.3, -0.25) is 19.6 Å². The van der Waals surface area contributed by atoms with E-state index in [9.17, 15) is 28.4 Å². The number of anilines is 1. The Balaban J connectivity index is 1.49. The molecule has 31 heavy (non-hydrogen) atoms. The molecule has 1 amide bonds. The summed E-state index contributed by atoms with van der Waals surface area (Å²) in [5.41, 5.74) is 1.07. The molecule has 2 aromatic carbocycles. The van der Waals surface area contributed by atoms with Crippen LogP contribution in [0.2, 0.25) is 0 Å². The van der Waals surface area contributed by atoms with Crippen LogP contribution in [0.4, 0.5) is 11.4 Å². The van der Waals surface area contributed by atoms with Gasteiger partial charge in [0.25, 0.3) is 15.9 Å². The third kappa shape index (κ3) is 4.23. The van der Waals surface area contributed by atoms with Crippen molar-refractivity contribution >= 4 is 38.6 Å². The van der Waals surface area contributed by atoms with Gasteiger partial charge in [0.15, 0.2) is 5.75 Å². The van der Waals surface area contributed by atoms with Crippen molar-refractivity contribution in [2.24, 2.45) is 0 Å². The number of rotatable bonds is 5. The quantitative estimate of drug-likeness (QED) is 0.444. The summed E-state index contributed by atoms with van der Waals surface area (Å²) in [6, 6.07) is 10.8. The zero-order valence-electron chi connectivity index (χ0n) is 16.0. The fourth-order valence-electron chi connectivity index (χ4n) is 3.32. The monoisotopic (exact) mass is 459 g/mol. The summed E-state index contributed by atoms with van der Waals surface area (Å²) in [4.78, 5) is 25.5. The van der Waals surface area contributed by atoms with Crippen molar-refractivity contribution in [1.29, 1.82) is 0 Å². The maximum atomic E-state index is 12.8. The average Bonchev–Trinajstić information content (AvgIpc) is 3.21. The molecule has 4 rings (SSSR count). The molecular weight excluding hydrogens is 442 g/mol. The van der Waals surface area contributed by atoms with Crippen LogP contribution in [0.15, 0.2) is 58.8 Å². The minimum Gasteiger partial charge on any atom is -0.502 e. The first-order valence-electron chi connectivity index (χ1n) is 9.19. The minimum absolute atomic E-state index is 0.139. The van der Waals surface area contributed by atoms with Gasteiger partial charge < -0.3 is 10.0 Å². The maximum Gasteiger partial charge on any atom is 0.312 e. The molecule has 3 aromatic rings. The van der Waals surface area contributed by atoms with Crippen molar-refractivity contribution in [1.82, 2.24) is 4.90 Å². The molecular formula is C20H17N3O6S2. The first-order valence-corrected chi connectivity index (χ1v) is 11.6. The van der Waals surface area contributed by atoms with Gasteiger partial charge in [0.2, 0.25) is 0 Å². The highest BCUT2D eigenvalue weighted by Gasteiger charge is 2.24. The molecule has 2 heterocycles. The predicted molar refractivity (Wildman–Crippen MR) is 115 cm³/mol. The number of carbonyl (C=O) groups excluding carboxylic acids is 1. The van der Waals surface area contributed by atoms with Gasteiger partial charge in [-0.15, -0.1) is 11.3 Å². The minimum atomic E-state index is -4.13. The molecule has 0 saturated heterocycles. The number of hydrogen-bond acceptors (Lipinski definition) is 7. The molecule has 0 atom stereocenters. The third-order valence-electron chi connectivity index (χ3n) is 4.93. The van der Waals surface area contributed by atoms with E-state index in [4.69, 9.17) is 0 Å². The smallest absolute Gasteiger partial charge is 0.312 e. The fourth-order valence-corrected chi connectivity index (χ4v) is 5.28. The Labute approximate surface area is 181 Å². The Bertz CT molecular complexity index is 1270. The number of nitro benzene ring substituents is 1. The lowest BCUT2D eigenvalue weighted by atomic mass is 10.1. The van der Waals surface area contributed by atoms with E-state index >= 15 is 0 Å². The standard InChI is InChI=1S/C20H17N3O6S2/c24-18-6-5-16(11-17(18)23(26)27)31(28,29)21-15-3-1-13(2-4-15)20(25)22-9-7-19-14(12-22)8-10-30-19/h1-6,8,10-11,21,24H,7,9,12H2. The Morgan fingerprint density at radius 3 is 2.61 bits per heavy atom. The van der Waals surface area contributed by atoms with Gasteiger partial charge in [-0.25, -0.2) is 8.42 Å². The Kier molecular flexibility index (Phi) is 5.38. The van der Waals surface area contributed by atoms with Crippen molar-refractivity contribution < 1.29 is 23.2 Å². The highest BCUT2D eigenvalue weighted by molar-refractivity contribution is 7.92. The summed E-state index contributed by atoms with van der Waals surface area (Å²) in [6.45, 7) is 1.17. The molecule has 11 heteroatoms. The van der Waals surface area contributed by atoms with Gasteiger partial charge in [0, 0.05) is 35.3 Å². The number of thiophene rings is 1. The largest absolute Gasteiger partial charge is 0.502 e. The van der Waals surface area contributed by atoms with Gasteiger partial charge in [-0.1, -0.05) is 0 Å². The Morgan fingerprint density at radius 2 is 1.90 bits per heavy atom. The number of aromatic hydroxyl groups is 1. The highest BCUT2D eigenvalue weighted by atomic mass is 32.2. The van der Waals surface area contributed by atoms with Crippen LogP contribution in [-0.4, -0.2) is 35.8 Å². The number of fused-ring (bicyclic) bond motifs is 1. The Hall–Kier alpha value is -3.44. The van der Waals surface area contributed by atoms with Crippen molar-refractivity contribution in [3.05, 3.63) is 80.0 Å². The lowest BCUT2D eigenvalue weighted by Crippen LogP contribution is -2.35. The number of nitro groups is 1. The van der Waals surface area contributed by atoms with Crippen molar-refractivity contribution in [2.45, 2.75) is 17.9 Å². The van der Waals surface area contributed by atoms with Gasteiger partial charge in [-0.2, -0.15) is 0 Å². The van der Waals surface area contributed by atoms with Crippen molar-refractivity contribution in [3.8, 4) is 5.75 Å². The molecule has 0 saturated carbocycles. The second kappa shape index (κ2) is 8.00. The summed E-state index contributed by atoms with van der Waals surface area (Å²) in [5.74, 6) is -0.764. The van der Waals surface area contributed by atoms with E-state index in [1.807, 2.05) is 11.4 Å². The van der Waals surface area contributed by atoms with E-state index in [1.165, 1.54) is 29.1 Å². The van der Waals surface area contributed by atoms with E-state index < -0.39 is 26.4 Å². The SMILES string of the molecule is O=C(c1ccc(NS(=O)(=O)c2ccc(O)c([N+](=O)[O-])c2)cc1)N1CCc2sccc2C1. The number of benzene rings is 2. The molecule has 0 radical (unpaired) electrons. The van der Waals surface area contributed by atoms with Crippen LogP contribution < -0.4 is 4.72 Å². The number of nitrogens with zero attached hydrogens (tertiary/aromatic N) is 2. The number of sulfonamides is 1. The lowest BCUT2D eigenvalue weighted by Gasteiger charge is -2.27. The summed E-state index contributed by atoms with van der Waals surface area (Å²) in [7, 11) is -4.13. The first-order chi connectivity index (χ1) is 14.7. The number of nitrogens with one attached hydrogen (secondary N) is 1. The van der Waals surface area contributed by atoms with E-state index in [0.29, 0.717) is 18.7 Å². The van der Waals surface area contributed by atoms with Gasteiger partial charge in [0.05, 0.1) is 9.82 Å². The predicted octanol–water partition coefficient (Wildman–Crippen LogP) is 3.36. The van der Waals surface area contributed by atoms with E-state index in [0.717, 1.165) is 30.2 Å². The van der Waals surface area contributed by atoms with E-state index in [2.05, 4.69) is 4.72 Å². The van der Waals surface area contributed by atoms with Crippen LogP contribution in [0.3, 0.4) is 0 Å². The molecule has 0 unspecified atom stereocenters. The molecule has 2 N–H and O–H groups in total. The molecule has 160 valence electrons. The second-order valence-corrected chi connectivity index (χ2v) is 9.62. The van der Waals surface area contributed by atoms with Gasteiger partial charge >= 0.3 is 5.69 Å². The molecule has 0 fully saturated rings. The van der Waals surface area contributed by atoms with Crippen LogP contribution in [-0.2, 0) is 23.0 Å². The summed E-state index contributed by atoms with van der Waals surface area (Å²) < 4.78 is 27.4. The molecule has 0 aliphatic carbocycles. The number of amides is 1. The summed E-state index contributed by atoms with van der Waals surface area (Å²) in [6.07, 6.45) is 0.815. The number of phenolic OH excluding ortho intramolecular Hbond substituents is 1. The summed E-state index contributed by atoms with van der Waals surface area (Å²) >= 11 is 1.69.